The topological polar surface area (TPSA) is 74.7 Å². The van der Waals surface area contributed by atoms with Crippen LogP contribution in [0, 0.1) is 11.6 Å². The van der Waals surface area contributed by atoms with Gasteiger partial charge in [-0.3, -0.25) is 9.59 Å². The quantitative estimate of drug-likeness (QED) is 0.865. The van der Waals surface area contributed by atoms with Gasteiger partial charge in [0.2, 0.25) is 0 Å². The van der Waals surface area contributed by atoms with E-state index in [4.69, 9.17) is 5.11 Å². The largest absolute Gasteiger partial charge is 0.478 e. The summed E-state index contributed by atoms with van der Waals surface area (Å²) in [6.07, 6.45) is 0. The van der Waals surface area contributed by atoms with Crippen molar-refractivity contribution in [3.8, 4) is 0 Å². The first kappa shape index (κ1) is 13.9. The monoisotopic (exact) mass is 303 g/mol. The molecule has 7 heteroatoms. The smallest absolute Gasteiger partial charge is 0.340 e. The molecule has 0 bridgehead atoms. The van der Waals surface area contributed by atoms with E-state index in [1.165, 1.54) is 24.3 Å². The fourth-order valence-corrected chi connectivity index (χ4v) is 2.36. The highest BCUT2D eigenvalue weighted by molar-refractivity contribution is 6.35. The van der Waals surface area contributed by atoms with Gasteiger partial charge in [0.05, 0.1) is 11.1 Å². The summed E-state index contributed by atoms with van der Waals surface area (Å²) in [7, 11) is 0. The Balaban J connectivity index is 2.27. The number of hydrogen-bond donors (Lipinski definition) is 1. The zero-order valence-electron chi connectivity index (χ0n) is 10.8. The van der Waals surface area contributed by atoms with Gasteiger partial charge in [-0.25, -0.2) is 18.5 Å². The lowest BCUT2D eigenvalue weighted by molar-refractivity contribution is 0.0692. The molecule has 1 aliphatic rings. The van der Waals surface area contributed by atoms with Gasteiger partial charge in [0.25, 0.3) is 11.8 Å². The molecule has 1 aliphatic heterocycles. The van der Waals surface area contributed by atoms with Gasteiger partial charge >= 0.3 is 5.97 Å². The Kier molecular flexibility index (Phi) is 2.98. The Morgan fingerprint density at radius 1 is 0.909 bits per heavy atom. The summed E-state index contributed by atoms with van der Waals surface area (Å²) < 4.78 is 27.8. The summed E-state index contributed by atoms with van der Waals surface area (Å²) in [6, 6.07) is 7.02. The van der Waals surface area contributed by atoms with E-state index < -0.39 is 40.7 Å². The minimum Gasteiger partial charge on any atom is -0.478 e. The molecule has 0 aromatic heterocycles. The molecule has 1 N–H and O–H groups in total. The molecule has 0 unspecified atom stereocenters. The van der Waals surface area contributed by atoms with Gasteiger partial charge in [-0.05, 0) is 24.3 Å². The van der Waals surface area contributed by atoms with Crippen LogP contribution in [0.4, 0.5) is 14.5 Å². The number of carbonyl (C=O) groups excluding carboxylic acids is 2. The van der Waals surface area contributed by atoms with Gasteiger partial charge in [0.1, 0.15) is 22.9 Å². The second-order valence-corrected chi connectivity index (χ2v) is 4.55. The van der Waals surface area contributed by atoms with E-state index >= 15 is 0 Å². The van der Waals surface area contributed by atoms with Gasteiger partial charge in [0, 0.05) is 0 Å². The molecule has 22 heavy (non-hydrogen) atoms. The van der Waals surface area contributed by atoms with Crippen molar-refractivity contribution < 1.29 is 28.3 Å². The van der Waals surface area contributed by atoms with Crippen LogP contribution in [0.1, 0.15) is 31.1 Å². The summed E-state index contributed by atoms with van der Waals surface area (Å²) in [6.45, 7) is 0. The number of carboxylic acid groups (broad SMARTS) is 1. The fraction of sp³-hybridized carbons (Fsp3) is 0. The second-order valence-electron chi connectivity index (χ2n) is 4.55. The van der Waals surface area contributed by atoms with E-state index in [9.17, 15) is 23.2 Å². The SMILES string of the molecule is O=C(O)c1c(F)ccc(F)c1N1C(=O)c2ccccc2C1=O. The maximum absolute atomic E-state index is 14.0. The number of benzene rings is 2. The molecule has 1 heterocycles. The van der Waals surface area contributed by atoms with Crippen LogP contribution in [0.3, 0.4) is 0 Å². The minimum absolute atomic E-state index is 0.00694. The van der Waals surface area contributed by atoms with Crippen LogP contribution in [0.5, 0.6) is 0 Å². The van der Waals surface area contributed by atoms with E-state index in [1.54, 1.807) is 0 Å². The first-order valence-electron chi connectivity index (χ1n) is 6.12. The number of anilines is 1. The third-order valence-corrected chi connectivity index (χ3v) is 3.31. The molecule has 0 spiro atoms. The van der Waals surface area contributed by atoms with E-state index in [-0.39, 0.29) is 11.1 Å². The molecule has 0 saturated heterocycles. The molecule has 5 nitrogen and oxygen atoms in total. The van der Waals surface area contributed by atoms with Crippen LogP contribution < -0.4 is 4.90 Å². The van der Waals surface area contributed by atoms with Crippen LogP contribution in [0.25, 0.3) is 0 Å². The summed E-state index contributed by atoms with van der Waals surface area (Å²) >= 11 is 0. The molecule has 2 aromatic carbocycles. The molecule has 0 saturated carbocycles. The Morgan fingerprint density at radius 2 is 1.41 bits per heavy atom. The maximum atomic E-state index is 14.0. The lowest BCUT2D eigenvalue weighted by Gasteiger charge is -2.17. The minimum atomic E-state index is -1.77. The highest BCUT2D eigenvalue weighted by Crippen LogP contribution is 2.34. The molecule has 0 radical (unpaired) electrons. The van der Waals surface area contributed by atoms with Gasteiger partial charge < -0.3 is 5.11 Å². The van der Waals surface area contributed by atoms with Crippen molar-refractivity contribution in [1.29, 1.82) is 0 Å². The van der Waals surface area contributed by atoms with Gasteiger partial charge in [0.15, 0.2) is 0 Å². The molecular formula is C15H7F2NO4. The molecule has 110 valence electrons. The molecular weight excluding hydrogens is 296 g/mol. The van der Waals surface area contributed by atoms with Gasteiger partial charge in [-0.2, -0.15) is 0 Å². The van der Waals surface area contributed by atoms with Crippen molar-refractivity contribution in [2.24, 2.45) is 0 Å². The Labute approximate surface area is 122 Å². The van der Waals surface area contributed by atoms with Gasteiger partial charge in [-0.15, -0.1) is 0 Å². The lowest BCUT2D eigenvalue weighted by atomic mass is 10.1. The number of rotatable bonds is 2. The van der Waals surface area contributed by atoms with Crippen molar-refractivity contribution in [2.45, 2.75) is 0 Å². The third kappa shape index (κ3) is 1.79. The standard InChI is InChI=1S/C15H7F2NO4/c16-9-5-6-10(17)12(11(9)15(21)22)18-13(19)7-3-1-2-4-8(7)14(18)20/h1-6H,(H,21,22). The van der Waals surface area contributed by atoms with E-state index in [0.29, 0.717) is 17.0 Å². The fourth-order valence-electron chi connectivity index (χ4n) is 2.36. The summed E-state index contributed by atoms with van der Waals surface area (Å²) in [5, 5.41) is 9.06. The Hall–Kier alpha value is -3.09. The van der Waals surface area contributed by atoms with Crippen LogP contribution in [-0.4, -0.2) is 22.9 Å². The average molecular weight is 303 g/mol. The van der Waals surface area contributed by atoms with Crippen molar-refractivity contribution in [3.63, 3.8) is 0 Å². The Bertz CT molecular complexity index is 812. The average Bonchev–Trinajstić information content (AvgIpc) is 2.73. The number of carbonyl (C=O) groups is 3. The molecule has 0 atom stereocenters. The summed E-state index contributed by atoms with van der Waals surface area (Å²) in [4.78, 5) is 36.1. The van der Waals surface area contributed by atoms with Crippen LogP contribution in [0.2, 0.25) is 0 Å². The molecule has 2 aromatic rings. The van der Waals surface area contributed by atoms with Crippen molar-refractivity contribution in [2.75, 3.05) is 4.90 Å². The predicted molar refractivity (Wildman–Crippen MR) is 70.9 cm³/mol. The Morgan fingerprint density at radius 3 is 1.91 bits per heavy atom. The normalized spacial score (nSPS) is 13.5. The molecule has 3 rings (SSSR count). The number of aromatic carboxylic acids is 1. The zero-order valence-corrected chi connectivity index (χ0v) is 10.8. The third-order valence-electron chi connectivity index (χ3n) is 3.31. The number of halogens is 2. The number of imide groups is 1. The molecule has 2 amide bonds. The van der Waals surface area contributed by atoms with Crippen LogP contribution in [-0.2, 0) is 0 Å². The number of amides is 2. The van der Waals surface area contributed by atoms with E-state index in [1.807, 2.05) is 0 Å². The second kappa shape index (κ2) is 4.73. The summed E-state index contributed by atoms with van der Waals surface area (Å²) in [5.74, 6) is -5.97. The first-order chi connectivity index (χ1) is 10.4. The predicted octanol–water partition coefficient (Wildman–Crippen LogP) is 2.46. The highest BCUT2D eigenvalue weighted by Gasteiger charge is 2.40. The highest BCUT2D eigenvalue weighted by atomic mass is 19.1. The summed E-state index contributed by atoms with van der Waals surface area (Å²) in [5.41, 5.74) is -1.94. The van der Waals surface area contributed by atoms with Crippen LogP contribution >= 0.6 is 0 Å². The number of carboxylic acids is 1. The molecule has 0 aliphatic carbocycles. The van der Waals surface area contributed by atoms with E-state index in [2.05, 4.69) is 0 Å². The maximum Gasteiger partial charge on any atom is 0.340 e. The zero-order chi connectivity index (χ0) is 16.0. The van der Waals surface area contributed by atoms with E-state index in [0.717, 1.165) is 0 Å². The van der Waals surface area contributed by atoms with Crippen LogP contribution in [0.15, 0.2) is 36.4 Å². The number of fused-ring (bicyclic) bond motifs is 1. The van der Waals surface area contributed by atoms with Crippen molar-refractivity contribution in [1.82, 2.24) is 0 Å². The first-order valence-corrected chi connectivity index (χ1v) is 6.12. The lowest BCUT2D eigenvalue weighted by Crippen LogP contribution is -2.32. The molecule has 0 fully saturated rings. The van der Waals surface area contributed by atoms with Crippen molar-refractivity contribution in [3.05, 3.63) is 64.7 Å². The van der Waals surface area contributed by atoms with Crippen molar-refractivity contribution >= 4 is 23.5 Å². The number of hydrogen-bond acceptors (Lipinski definition) is 3. The number of nitrogens with zero attached hydrogens (tertiary/aromatic N) is 1. The van der Waals surface area contributed by atoms with Gasteiger partial charge in [-0.1, -0.05) is 12.1 Å².